The van der Waals surface area contributed by atoms with Crippen molar-refractivity contribution in [3.63, 3.8) is 0 Å². The summed E-state index contributed by atoms with van der Waals surface area (Å²) in [4.78, 5) is 14.2. The molecule has 158 valence electrons. The van der Waals surface area contributed by atoms with Crippen LogP contribution in [0.1, 0.15) is 24.5 Å². The molecule has 0 aromatic heterocycles. The molecule has 0 N–H and O–H groups in total. The third-order valence-electron chi connectivity index (χ3n) is 4.62. The summed E-state index contributed by atoms with van der Waals surface area (Å²) >= 11 is 6.46. The first-order valence-electron chi connectivity index (χ1n) is 9.76. The van der Waals surface area contributed by atoms with Gasteiger partial charge in [0.2, 0.25) is 0 Å². The lowest BCUT2D eigenvalue weighted by molar-refractivity contribution is -0.121. The Kier molecular flexibility index (Phi) is 7.76. The maximum atomic E-state index is 12.2. The van der Waals surface area contributed by atoms with E-state index in [0.29, 0.717) is 33.9 Å². The van der Waals surface area contributed by atoms with E-state index in [-0.39, 0.29) is 5.91 Å². The molecule has 3 rings (SSSR count). The third-order valence-corrected chi connectivity index (χ3v) is 6.10. The Bertz CT molecular complexity index is 941. The summed E-state index contributed by atoms with van der Waals surface area (Å²) in [5.41, 5.74) is 2.15. The van der Waals surface area contributed by atoms with Crippen LogP contribution in [0.4, 0.5) is 0 Å². The molecule has 1 fully saturated rings. The summed E-state index contributed by atoms with van der Waals surface area (Å²) in [5.74, 6) is 2.05. The van der Waals surface area contributed by atoms with E-state index in [9.17, 15) is 4.79 Å². The van der Waals surface area contributed by atoms with E-state index < -0.39 is 0 Å². The van der Waals surface area contributed by atoms with Crippen molar-refractivity contribution in [3.05, 3.63) is 58.5 Å². The average Bonchev–Trinajstić information content (AvgIpc) is 3.01. The normalized spacial score (nSPS) is 15.0. The molecule has 1 heterocycles. The van der Waals surface area contributed by atoms with Crippen LogP contribution < -0.4 is 14.2 Å². The highest BCUT2D eigenvalue weighted by Gasteiger charge is 2.28. The molecule has 30 heavy (non-hydrogen) atoms. The van der Waals surface area contributed by atoms with E-state index in [1.165, 1.54) is 22.2 Å². The number of amides is 1. The summed E-state index contributed by atoms with van der Waals surface area (Å²) < 4.78 is 17.6. The molecule has 0 bridgehead atoms. The Morgan fingerprint density at radius 2 is 1.80 bits per heavy atom. The van der Waals surface area contributed by atoms with Crippen LogP contribution in [0.2, 0.25) is 0 Å². The van der Waals surface area contributed by atoms with Crippen LogP contribution in [0.5, 0.6) is 17.2 Å². The van der Waals surface area contributed by atoms with Crippen LogP contribution in [-0.4, -0.2) is 42.5 Å². The Labute approximate surface area is 187 Å². The lowest BCUT2D eigenvalue weighted by Crippen LogP contribution is -2.22. The Morgan fingerprint density at radius 3 is 2.43 bits per heavy atom. The summed E-state index contributed by atoms with van der Waals surface area (Å²) in [6, 6.07) is 13.7. The van der Waals surface area contributed by atoms with Gasteiger partial charge >= 0.3 is 0 Å². The molecule has 7 heteroatoms. The van der Waals surface area contributed by atoms with Gasteiger partial charge < -0.3 is 14.2 Å². The minimum atomic E-state index is -0.0892. The number of aryl methyl sites for hydroxylation is 1. The van der Waals surface area contributed by atoms with Crippen molar-refractivity contribution in [2.45, 2.75) is 19.8 Å². The van der Waals surface area contributed by atoms with Crippen LogP contribution >= 0.6 is 24.0 Å². The average molecular weight is 444 g/mol. The summed E-state index contributed by atoms with van der Waals surface area (Å²) in [5, 5.41) is 0. The van der Waals surface area contributed by atoms with Crippen LogP contribution in [0, 0.1) is 0 Å². The number of thioether (sulfide) groups is 1. The molecule has 0 atom stereocenters. The zero-order valence-electron chi connectivity index (χ0n) is 17.3. The molecule has 2 aromatic carbocycles. The topological polar surface area (TPSA) is 48.0 Å². The number of nitrogens with zero attached hydrogens (tertiary/aromatic N) is 1. The first-order valence-corrected chi connectivity index (χ1v) is 11.0. The van der Waals surface area contributed by atoms with Gasteiger partial charge in [-0.1, -0.05) is 49.1 Å². The highest BCUT2D eigenvalue weighted by atomic mass is 32.2. The standard InChI is InChI=1S/C23H25NO4S2/c1-4-16-6-9-18(10-7-16)27-12-5-13-28-19-11-8-17(14-20(19)26-3)15-21-22(25)24(2)23(29)30-21/h6-11,14-15H,4-5,12-13H2,1-3H3/b21-15+. The van der Waals surface area contributed by atoms with Crippen molar-refractivity contribution in [3.8, 4) is 17.2 Å². The van der Waals surface area contributed by atoms with Crippen LogP contribution in [0.25, 0.3) is 6.08 Å². The Hall–Kier alpha value is -2.51. The fraction of sp³-hybridized carbons (Fsp3) is 0.304. The molecule has 0 saturated carbocycles. The van der Waals surface area contributed by atoms with Crippen LogP contribution in [-0.2, 0) is 11.2 Å². The summed E-state index contributed by atoms with van der Waals surface area (Å²) in [6.07, 6.45) is 3.58. The molecule has 0 aliphatic carbocycles. The Balaban J connectivity index is 1.52. The minimum absolute atomic E-state index is 0.0892. The van der Waals surface area contributed by atoms with Crippen molar-refractivity contribution in [2.24, 2.45) is 0 Å². The lowest BCUT2D eigenvalue weighted by atomic mass is 10.2. The maximum absolute atomic E-state index is 12.2. The molecule has 0 unspecified atom stereocenters. The van der Waals surface area contributed by atoms with Crippen molar-refractivity contribution < 1.29 is 19.0 Å². The smallest absolute Gasteiger partial charge is 0.265 e. The SMILES string of the molecule is CCc1ccc(OCCCOc2ccc(/C=C3/SC(=S)N(C)C3=O)cc2OC)cc1. The van der Waals surface area contributed by atoms with E-state index >= 15 is 0 Å². The van der Waals surface area contributed by atoms with E-state index in [4.69, 9.17) is 26.4 Å². The van der Waals surface area contributed by atoms with Gasteiger partial charge in [-0.2, -0.15) is 0 Å². The van der Waals surface area contributed by atoms with E-state index in [1.807, 2.05) is 36.4 Å². The van der Waals surface area contributed by atoms with E-state index in [0.717, 1.165) is 24.2 Å². The van der Waals surface area contributed by atoms with Crippen molar-refractivity contribution in [2.75, 3.05) is 27.4 Å². The number of carbonyl (C=O) groups is 1. The van der Waals surface area contributed by atoms with Gasteiger partial charge in [-0.05, 0) is 47.9 Å². The van der Waals surface area contributed by atoms with Crippen LogP contribution in [0.3, 0.4) is 0 Å². The highest BCUT2D eigenvalue weighted by Crippen LogP contribution is 2.34. The quantitative estimate of drug-likeness (QED) is 0.311. The van der Waals surface area contributed by atoms with Gasteiger partial charge in [0.25, 0.3) is 5.91 Å². The molecule has 0 radical (unpaired) electrons. The maximum Gasteiger partial charge on any atom is 0.265 e. The number of hydrogen-bond donors (Lipinski definition) is 0. The van der Waals surface area contributed by atoms with Gasteiger partial charge in [0.1, 0.15) is 10.1 Å². The molecule has 1 aliphatic rings. The molecular weight excluding hydrogens is 418 g/mol. The number of carbonyl (C=O) groups excluding carboxylic acids is 1. The van der Waals surface area contributed by atoms with Crippen molar-refractivity contribution in [1.29, 1.82) is 0 Å². The predicted octanol–water partition coefficient (Wildman–Crippen LogP) is 4.94. The lowest BCUT2D eigenvalue weighted by Gasteiger charge is -2.12. The molecule has 1 amide bonds. The fourth-order valence-electron chi connectivity index (χ4n) is 2.84. The first-order chi connectivity index (χ1) is 14.5. The Morgan fingerprint density at radius 1 is 1.07 bits per heavy atom. The first kappa shape index (κ1) is 22.2. The minimum Gasteiger partial charge on any atom is -0.493 e. The number of thiocarbonyl (C=S) groups is 1. The summed E-state index contributed by atoms with van der Waals surface area (Å²) in [6.45, 7) is 3.22. The number of methoxy groups -OCH3 is 1. The zero-order chi connectivity index (χ0) is 21.5. The van der Waals surface area contributed by atoms with Gasteiger partial charge in [-0.3, -0.25) is 9.69 Å². The molecular formula is C23H25NO4S2. The second-order valence-electron chi connectivity index (χ2n) is 6.70. The van der Waals surface area contributed by atoms with E-state index in [2.05, 4.69) is 19.1 Å². The van der Waals surface area contributed by atoms with Gasteiger partial charge in [-0.25, -0.2) is 0 Å². The number of benzene rings is 2. The van der Waals surface area contributed by atoms with Gasteiger partial charge in [0, 0.05) is 13.5 Å². The number of likely N-dealkylation sites (N-methyl/N-ethyl adjacent to an activating group) is 1. The fourth-order valence-corrected chi connectivity index (χ4v) is 4.02. The second-order valence-corrected chi connectivity index (χ2v) is 8.37. The monoisotopic (exact) mass is 443 g/mol. The second kappa shape index (κ2) is 10.5. The number of rotatable bonds is 9. The zero-order valence-corrected chi connectivity index (χ0v) is 19.0. The third kappa shape index (κ3) is 5.55. The molecule has 1 aliphatic heterocycles. The van der Waals surface area contributed by atoms with Gasteiger partial charge in [-0.15, -0.1) is 0 Å². The highest BCUT2D eigenvalue weighted by molar-refractivity contribution is 8.26. The summed E-state index contributed by atoms with van der Waals surface area (Å²) in [7, 11) is 3.28. The largest absolute Gasteiger partial charge is 0.493 e. The van der Waals surface area contributed by atoms with Gasteiger partial charge in [0.05, 0.1) is 25.2 Å². The molecule has 1 saturated heterocycles. The van der Waals surface area contributed by atoms with E-state index in [1.54, 1.807) is 14.2 Å². The number of hydrogen-bond acceptors (Lipinski definition) is 6. The number of ether oxygens (including phenoxy) is 3. The van der Waals surface area contributed by atoms with Crippen LogP contribution in [0.15, 0.2) is 47.4 Å². The molecule has 5 nitrogen and oxygen atoms in total. The molecule has 0 spiro atoms. The van der Waals surface area contributed by atoms with Gasteiger partial charge in [0.15, 0.2) is 11.5 Å². The van der Waals surface area contributed by atoms with Crippen molar-refractivity contribution in [1.82, 2.24) is 4.90 Å². The predicted molar refractivity (Wildman–Crippen MR) is 125 cm³/mol. The van der Waals surface area contributed by atoms with Crippen molar-refractivity contribution >= 4 is 40.3 Å². The molecule has 2 aromatic rings.